The van der Waals surface area contributed by atoms with Crippen molar-refractivity contribution in [3.63, 3.8) is 0 Å². The maximum atomic E-state index is 11.8. The zero-order valence-electron chi connectivity index (χ0n) is 13.0. The average Bonchev–Trinajstić information content (AvgIpc) is 2.51. The first-order valence-electron chi connectivity index (χ1n) is 7.11. The van der Waals surface area contributed by atoms with Crippen molar-refractivity contribution >= 4 is 16.0 Å². The zero-order valence-corrected chi connectivity index (χ0v) is 13.8. The third-order valence-corrected chi connectivity index (χ3v) is 3.91. The van der Waals surface area contributed by atoms with Gasteiger partial charge < -0.3 is 4.74 Å². The zero-order chi connectivity index (χ0) is 16.9. The molecule has 0 spiro atoms. The molecule has 122 valence electrons. The van der Waals surface area contributed by atoms with E-state index in [0.29, 0.717) is 11.1 Å². The summed E-state index contributed by atoms with van der Waals surface area (Å²) in [4.78, 5) is 11.5. The molecule has 5 nitrogen and oxygen atoms in total. The van der Waals surface area contributed by atoms with Gasteiger partial charge in [0.05, 0.1) is 12.3 Å². The minimum atomic E-state index is -3.50. The lowest BCUT2D eigenvalue weighted by molar-refractivity contribution is -0.148. The van der Waals surface area contributed by atoms with Crippen molar-refractivity contribution in [1.29, 1.82) is 0 Å². The maximum absolute atomic E-state index is 11.8. The minimum absolute atomic E-state index is 0.477. The molecule has 0 fully saturated rings. The van der Waals surface area contributed by atoms with Crippen LogP contribution in [0.4, 0.5) is 0 Å². The highest BCUT2D eigenvalue weighted by Crippen LogP contribution is 2.32. The molecule has 2 aromatic carbocycles. The van der Waals surface area contributed by atoms with Gasteiger partial charge in [0.1, 0.15) is 6.10 Å². The smallest absolute Gasteiger partial charge is 0.303 e. The standard InChI is InChI=1S/C17H19NO4S/c1-13(19)22-17(15-11-7-4-8-12-15)16(18-23(2,20)21)14-9-5-3-6-10-14/h3-12,16-18H,1-2H3. The minimum Gasteiger partial charge on any atom is -0.456 e. The molecule has 0 radical (unpaired) electrons. The van der Waals surface area contributed by atoms with Crippen LogP contribution >= 0.6 is 0 Å². The number of hydrogen-bond donors (Lipinski definition) is 1. The molecule has 6 heteroatoms. The lowest BCUT2D eigenvalue weighted by Crippen LogP contribution is -2.33. The summed E-state index contributed by atoms with van der Waals surface area (Å²) in [6.07, 6.45) is 0.324. The van der Waals surface area contributed by atoms with Gasteiger partial charge in [-0.1, -0.05) is 60.7 Å². The van der Waals surface area contributed by atoms with E-state index in [2.05, 4.69) is 4.72 Å². The van der Waals surface area contributed by atoms with Crippen molar-refractivity contribution in [2.45, 2.75) is 19.1 Å². The third kappa shape index (κ3) is 5.19. The molecule has 0 saturated heterocycles. The van der Waals surface area contributed by atoms with Crippen molar-refractivity contribution in [2.75, 3.05) is 6.26 Å². The second-order valence-electron chi connectivity index (χ2n) is 5.22. The van der Waals surface area contributed by atoms with Crippen LogP contribution in [0.25, 0.3) is 0 Å². The summed E-state index contributed by atoms with van der Waals surface area (Å²) < 4.78 is 31.6. The summed E-state index contributed by atoms with van der Waals surface area (Å²) in [5.41, 5.74) is 1.43. The van der Waals surface area contributed by atoms with Gasteiger partial charge >= 0.3 is 5.97 Å². The Balaban J connectivity index is 2.49. The van der Waals surface area contributed by atoms with Crippen LogP contribution in [-0.2, 0) is 19.6 Å². The lowest BCUT2D eigenvalue weighted by atomic mass is 9.96. The molecule has 0 aromatic heterocycles. The average molecular weight is 333 g/mol. The summed E-state index contributed by atoms with van der Waals surface area (Å²) in [5, 5.41) is 0. The molecule has 2 rings (SSSR count). The number of carbonyl (C=O) groups is 1. The fourth-order valence-electron chi connectivity index (χ4n) is 2.35. The first-order valence-corrected chi connectivity index (χ1v) is 9.00. The molecule has 0 aliphatic rings. The normalized spacial score (nSPS) is 14.0. The molecular formula is C17H19NO4S. The molecule has 0 aliphatic carbocycles. The second kappa shape index (κ2) is 7.39. The maximum Gasteiger partial charge on any atom is 0.303 e. The Kier molecular flexibility index (Phi) is 5.52. The Morgan fingerprint density at radius 2 is 1.43 bits per heavy atom. The highest BCUT2D eigenvalue weighted by Gasteiger charge is 2.29. The van der Waals surface area contributed by atoms with Gasteiger partial charge in [0.2, 0.25) is 10.0 Å². The fraction of sp³-hybridized carbons (Fsp3) is 0.235. The predicted molar refractivity (Wildman–Crippen MR) is 88.1 cm³/mol. The van der Waals surface area contributed by atoms with E-state index >= 15 is 0 Å². The van der Waals surface area contributed by atoms with Crippen LogP contribution < -0.4 is 4.72 Å². The van der Waals surface area contributed by atoms with Crippen molar-refractivity contribution in [3.05, 3.63) is 71.8 Å². The number of sulfonamides is 1. The lowest BCUT2D eigenvalue weighted by Gasteiger charge is -2.27. The Hall–Kier alpha value is -2.18. The molecule has 23 heavy (non-hydrogen) atoms. The first kappa shape index (κ1) is 17.2. The van der Waals surface area contributed by atoms with Crippen molar-refractivity contribution < 1.29 is 17.9 Å². The molecule has 0 aliphatic heterocycles. The summed E-state index contributed by atoms with van der Waals surface area (Å²) in [5.74, 6) is -0.477. The predicted octanol–water partition coefficient (Wildman–Crippen LogP) is 2.58. The van der Waals surface area contributed by atoms with E-state index in [1.54, 1.807) is 24.3 Å². The van der Waals surface area contributed by atoms with E-state index in [0.717, 1.165) is 6.26 Å². The SMILES string of the molecule is CC(=O)OC(c1ccccc1)C(NS(C)(=O)=O)c1ccccc1. The van der Waals surface area contributed by atoms with Gasteiger partial charge in [-0.2, -0.15) is 0 Å². The molecule has 0 bridgehead atoms. The number of rotatable bonds is 6. The quantitative estimate of drug-likeness (QED) is 0.825. The van der Waals surface area contributed by atoms with Crippen LogP contribution in [0.5, 0.6) is 0 Å². The Bertz CT molecular complexity index is 745. The molecule has 2 aromatic rings. The summed E-state index contributed by atoms with van der Waals surface area (Å²) >= 11 is 0. The van der Waals surface area contributed by atoms with E-state index in [-0.39, 0.29) is 0 Å². The highest BCUT2D eigenvalue weighted by molar-refractivity contribution is 7.88. The van der Waals surface area contributed by atoms with E-state index in [1.165, 1.54) is 6.92 Å². The van der Waals surface area contributed by atoms with E-state index in [9.17, 15) is 13.2 Å². The molecular weight excluding hydrogens is 314 g/mol. The van der Waals surface area contributed by atoms with Gasteiger partial charge in [-0.05, 0) is 11.1 Å². The van der Waals surface area contributed by atoms with E-state index in [1.807, 2.05) is 36.4 Å². The van der Waals surface area contributed by atoms with Gasteiger partial charge in [-0.3, -0.25) is 4.79 Å². The monoisotopic (exact) mass is 333 g/mol. The highest BCUT2D eigenvalue weighted by atomic mass is 32.2. The number of benzene rings is 2. The van der Waals surface area contributed by atoms with Crippen molar-refractivity contribution in [3.8, 4) is 0 Å². The molecule has 0 saturated carbocycles. The third-order valence-electron chi connectivity index (χ3n) is 3.22. The Labute approximate surface area is 136 Å². The van der Waals surface area contributed by atoms with Gasteiger partial charge in [0.25, 0.3) is 0 Å². The summed E-state index contributed by atoms with van der Waals surface area (Å²) in [7, 11) is -3.50. The van der Waals surface area contributed by atoms with Crippen LogP contribution in [0.2, 0.25) is 0 Å². The molecule has 2 unspecified atom stereocenters. The molecule has 1 N–H and O–H groups in total. The van der Waals surface area contributed by atoms with Gasteiger partial charge in [0, 0.05) is 6.92 Å². The van der Waals surface area contributed by atoms with Gasteiger partial charge in [-0.25, -0.2) is 13.1 Å². The number of esters is 1. The van der Waals surface area contributed by atoms with Gasteiger partial charge in [0.15, 0.2) is 0 Å². The van der Waals surface area contributed by atoms with E-state index < -0.39 is 28.1 Å². The topological polar surface area (TPSA) is 72.5 Å². The first-order chi connectivity index (χ1) is 10.9. The molecule has 0 heterocycles. The number of ether oxygens (including phenoxy) is 1. The Morgan fingerprint density at radius 1 is 0.957 bits per heavy atom. The van der Waals surface area contributed by atoms with Crippen LogP contribution in [-0.4, -0.2) is 20.6 Å². The van der Waals surface area contributed by atoms with Gasteiger partial charge in [-0.15, -0.1) is 0 Å². The van der Waals surface area contributed by atoms with Crippen LogP contribution in [0.15, 0.2) is 60.7 Å². The van der Waals surface area contributed by atoms with Crippen LogP contribution in [0.1, 0.15) is 30.2 Å². The molecule has 0 amide bonds. The second-order valence-corrected chi connectivity index (χ2v) is 7.00. The fourth-order valence-corrected chi connectivity index (χ4v) is 3.07. The van der Waals surface area contributed by atoms with Crippen LogP contribution in [0, 0.1) is 0 Å². The summed E-state index contributed by atoms with van der Waals surface area (Å²) in [6.45, 7) is 1.30. The van der Waals surface area contributed by atoms with E-state index in [4.69, 9.17) is 4.74 Å². The Morgan fingerprint density at radius 3 is 1.87 bits per heavy atom. The molecule has 2 atom stereocenters. The van der Waals surface area contributed by atoms with Crippen molar-refractivity contribution in [1.82, 2.24) is 4.72 Å². The largest absolute Gasteiger partial charge is 0.456 e. The number of hydrogen-bond acceptors (Lipinski definition) is 4. The van der Waals surface area contributed by atoms with Crippen molar-refractivity contribution in [2.24, 2.45) is 0 Å². The number of nitrogens with one attached hydrogen (secondary N) is 1. The summed E-state index contributed by atoms with van der Waals surface area (Å²) in [6, 6.07) is 17.4. The van der Waals surface area contributed by atoms with Crippen LogP contribution in [0.3, 0.4) is 0 Å². The number of carbonyl (C=O) groups excluding carboxylic acids is 1.